The number of hydrogen-bond donors (Lipinski definition) is 0. The molecule has 3 rings (SSSR count). The summed E-state index contributed by atoms with van der Waals surface area (Å²) < 4.78 is 45.5. The summed E-state index contributed by atoms with van der Waals surface area (Å²) in [4.78, 5) is 0. The molecule has 120 valence electrons. The number of hydrogen-bond acceptors (Lipinski definition) is 4. The lowest BCUT2D eigenvalue weighted by Crippen LogP contribution is -2.21. The van der Waals surface area contributed by atoms with Crippen LogP contribution >= 0.6 is 23.4 Å². The molecule has 0 bridgehead atoms. The molecule has 2 aromatic rings. The van der Waals surface area contributed by atoms with Gasteiger partial charge in [0.05, 0.1) is 16.7 Å². The van der Waals surface area contributed by atoms with E-state index in [9.17, 15) is 13.2 Å². The lowest BCUT2D eigenvalue weighted by molar-refractivity contribution is -0.137. The molecule has 1 aliphatic heterocycles. The molecule has 1 atom stereocenters. The molecule has 1 aliphatic rings. The van der Waals surface area contributed by atoms with Crippen LogP contribution in [0.2, 0.25) is 5.02 Å². The second-order valence-electron chi connectivity index (χ2n) is 5.05. The Morgan fingerprint density at radius 1 is 1.36 bits per heavy atom. The van der Waals surface area contributed by atoms with Crippen molar-refractivity contribution in [3.63, 3.8) is 0 Å². The van der Waals surface area contributed by atoms with Gasteiger partial charge >= 0.3 is 6.18 Å². The van der Waals surface area contributed by atoms with Gasteiger partial charge in [0.1, 0.15) is 0 Å². The molecule has 0 N–H and O–H groups in total. The smallest absolute Gasteiger partial charge is 0.377 e. The summed E-state index contributed by atoms with van der Waals surface area (Å²) in [5, 5.41) is 8.11. The first-order valence-electron chi connectivity index (χ1n) is 6.81. The summed E-state index contributed by atoms with van der Waals surface area (Å²) in [6.45, 7) is 0.732. The van der Waals surface area contributed by atoms with Gasteiger partial charge in [-0.3, -0.25) is 4.40 Å². The fourth-order valence-corrected chi connectivity index (χ4v) is 3.51. The molecule has 1 unspecified atom stereocenters. The number of halogens is 4. The Morgan fingerprint density at radius 3 is 2.86 bits per heavy atom. The minimum absolute atomic E-state index is 0.0666. The first-order chi connectivity index (χ1) is 10.4. The van der Waals surface area contributed by atoms with Gasteiger partial charge in [0, 0.05) is 18.6 Å². The highest BCUT2D eigenvalue weighted by atomic mass is 35.5. The fourth-order valence-electron chi connectivity index (χ4n) is 2.29. The number of alkyl halides is 3. The summed E-state index contributed by atoms with van der Waals surface area (Å²) in [6, 6.07) is 0.865. The van der Waals surface area contributed by atoms with Crippen LogP contribution in [-0.4, -0.2) is 33.1 Å². The number of aromatic nitrogens is 3. The van der Waals surface area contributed by atoms with E-state index in [0.29, 0.717) is 10.9 Å². The first-order valence-corrected chi connectivity index (χ1v) is 8.17. The molecule has 22 heavy (non-hydrogen) atoms. The van der Waals surface area contributed by atoms with Gasteiger partial charge in [-0.25, -0.2) is 0 Å². The molecule has 0 radical (unpaired) electrons. The number of ether oxygens (including phenoxy) is 1. The maximum Gasteiger partial charge on any atom is 0.417 e. The molecule has 0 spiro atoms. The van der Waals surface area contributed by atoms with Crippen molar-refractivity contribution < 1.29 is 17.9 Å². The topological polar surface area (TPSA) is 39.4 Å². The summed E-state index contributed by atoms with van der Waals surface area (Å²) >= 11 is 7.20. The third kappa shape index (κ3) is 3.33. The predicted molar refractivity (Wildman–Crippen MR) is 77.3 cm³/mol. The minimum Gasteiger partial charge on any atom is -0.377 e. The highest BCUT2D eigenvalue weighted by Crippen LogP contribution is 2.33. The summed E-state index contributed by atoms with van der Waals surface area (Å²) in [6.07, 6.45) is -0.262. The maximum absolute atomic E-state index is 12.9. The molecule has 0 amide bonds. The van der Waals surface area contributed by atoms with Crippen LogP contribution in [0.4, 0.5) is 13.2 Å². The molecule has 1 fully saturated rings. The van der Waals surface area contributed by atoms with E-state index >= 15 is 0 Å². The van der Waals surface area contributed by atoms with Gasteiger partial charge in [-0.1, -0.05) is 23.4 Å². The van der Waals surface area contributed by atoms with Crippen molar-refractivity contribution in [2.75, 3.05) is 12.4 Å². The van der Waals surface area contributed by atoms with E-state index in [2.05, 4.69) is 10.2 Å². The highest BCUT2D eigenvalue weighted by Gasteiger charge is 2.32. The Labute approximate surface area is 134 Å². The van der Waals surface area contributed by atoms with E-state index in [1.165, 1.54) is 16.2 Å². The highest BCUT2D eigenvalue weighted by molar-refractivity contribution is 7.99. The number of rotatable bonds is 3. The molecule has 4 nitrogen and oxygen atoms in total. The third-order valence-corrected chi connectivity index (χ3v) is 4.78. The summed E-state index contributed by atoms with van der Waals surface area (Å²) in [7, 11) is 0. The van der Waals surface area contributed by atoms with E-state index < -0.39 is 11.7 Å². The lowest BCUT2D eigenvalue weighted by atomic mass is 10.1. The Morgan fingerprint density at radius 2 is 2.18 bits per heavy atom. The largest absolute Gasteiger partial charge is 0.417 e. The van der Waals surface area contributed by atoms with Gasteiger partial charge in [-0.2, -0.15) is 13.2 Å². The lowest BCUT2D eigenvalue weighted by Gasteiger charge is -2.21. The van der Waals surface area contributed by atoms with E-state index in [1.807, 2.05) is 0 Å². The summed E-state index contributed by atoms with van der Waals surface area (Å²) in [5.74, 6) is 0.634. The molecule has 0 aromatic carbocycles. The van der Waals surface area contributed by atoms with Crippen LogP contribution < -0.4 is 0 Å². The van der Waals surface area contributed by atoms with Gasteiger partial charge in [0.25, 0.3) is 0 Å². The van der Waals surface area contributed by atoms with Gasteiger partial charge in [-0.05, 0) is 25.3 Å². The van der Waals surface area contributed by atoms with Crippen molar-refractivity contribution in [3.05, 3.63) is 22.8 Å². The molecule has 0 aliphatic carbocycles. The van der Waals surface area contributed by atoms with Crippen molar-refractivity contribution in [1.82, 2.24) is 14.6 Å². The molecular formula is C13H13ClF3N3OS. The molecule has 9 heteroatoms. The summed E-state index contributed by atoms with van der Waals surface area (Å²) in [5.41, 5.74) is -0.595. The quantitative estimate of drug-likeness (QED) is 0.782. The molecule has 2 aromatic heterocycles. The van der Waals surface area contributed by atoms with Crippen LogP contribution in [0.5, 0.6) is 0 Å². The van der Waals surface area contributed by atoms with Gasteiger partial charge < -0.3 is 4.74 Å². The van der Waals surface area contributed by atoms with Crippen LogP contribution in [0.3, 0.4) is 0 Å². The first kappa shape index (κ1) is 15.9. The van der Waals surface area contributed by atoms with E-state index in [-0.39, 0.29) is 16.8 Å². The van der Waals surface area contributed by atoms with Crippen LogP contribution in [0, 0.1) is 0 Å². The second kappa shape index (κ2) is 6.25. The van der Waals surface area contributed by atoms with E-state index in [1.54, 1.807) is 0 Å². The molecule has 0 saturated carbocycles. The zero-order chi connectivity index (χ0) is 15.7. The van der Waals surface area contributed by atoms with Crippen molar-refractivity contribution >= 4 is 29.0 Å². The SMILES string of the molecule is FC(F)(F)c1cc(Cl)c2nnc(SCC3CCCCO3)n2c1. The normalized spacial score (nSPS) is 19.7. The Hall–Kier alpha value is -0.990. The van der Waals surface area contributed by atoms with Crippen LogP contribution in [0.15, 0.2) is 17.4 Å². The third-order valence-electron chi connectivity index (χ3n) is 3.43. The Balaban J connectivity index is 1.85. The minimum atomic E-state index is -4.46. The van der Waals surface area contributed by atoms with Crippen molar-refractivity contribution in [1.29, 1.82) is 0 Å². The number of pyridine rings is 1. The Bertz CT molecular complexity index is 670. The molecule has 1 saturated heterocycles. The average molecular weight is 352 g/mol. The van der Waals surface area contributed by atoms with Crippen LogP contribution in [0.25, 0.3) is 5.65 Å². The Kier molecular flexibility index (Phi) is 4.52. The van der Waals surface area contributed by atoms with Gasteiger partial charge in [0.15, 0.2) is 10.8 Å². The molecule has 3 heterocycles. The number of nitrogens with zero attached hydrogens (tertiary/aromatic N) is 3. The van der Waals surface area contributed by atoms with Gasteiger partial charge in [0.2, 0.25) is 0 Å². The van der Waals surface area contributed by atoms with E-state index in [0.717, 1.165) is 38.1 Å². The molecular weight excluding hydrogens is 339 g/mol. The fraction of sp³-hybridized carbons (Fsp3) is 0.538. The number of thioether (sulfide) groups is 1. The predicted octanol–water partition coefficient (Wildman–Crippen LogP) is 4.06. The zero-order valence-electron chi connectivity index (χ0n) is 11.4. The van der Waals surface area contributed by atoms with Crippen LogP contribution in [0.1, 0.15) is 24.8 Å². The zero-order valence-corrected chi connectivity index (χ0v) is 13.0. The van der Waals surface area contributed by atoms with Crippen LogP contribution in [-0.2, 0) is 10.9 Å². The van der Waals surface area contributed by atoms with Crippen molar-refractivity contribution in [2.45, 2.75) is 36.7 Å². The maximum atomic E-state index is 12.9. The average Bonchev–Trinajstić information content (AvgIpc) is 2.89. The number of fused-ring (bicyclic) bond motifs is 1. The van der Waals surface area contributed by atoms with Crippen molar-refractivity contribution in [3.8, 4) is 0 Å². The monoisotopic (exact) mass is 351 g/mol. The van der Waals surface area contributed by atoms with E-state index in [4.69, 9.17) is 16.3 Å². The second-order valence-corrected chi connectivity index (χ2v) is 6.44. The van der Waals surface area contributed by atoms with Gasteiger partial charge in [-0.15, -0.1) is 10.2 Å². The standard InChI is InChI=1S/C13H13ClF3N3OS/c14-10-5-8(13(15,16)17)6-20-11(10)18-19-12(20)22-7-9-3-1-2-4-21-9/h5-6,9H,1-4,7H2. The van der Waals surface area contributed by atoms with Crippen molar-refractivity contribution in [2.24, 2.45) is 0 Å².